The molecule has 0 bridgehead atoms. The topological polar surface area (TPSA) is 84.2 Å². The molecule has 2 rings (SSSR count). The molecule has 0 saturated carbocycles. The third-order valence-corrected chi connectivity index (χ3v) is 4.46. The summed E-state index contributed by atoms with van der Waals surface area (Å²) in [6.07, 6.45) is 0.895. The van der Waals surface area contributed by atoms with Crippen LogP contribution in [0.5, 0.6) is 0 Å². The second kappa shape index (κ2) is 6.47. The van der Waals surface area contributed by atoms with E-state index in [1.165, 1.54) is 4.90 Å². The standard InChI is InChI=1S/C13H16ClN3O2S/c1-7(12(18)17-13(15)19)16-10-4-5-20-11-3-2-8(14)6-9(10)11/h2-3,6-7,10,16H,4-5H2,1H3,(H3,15,17,18,19)/t7-,10-/m0/s1. The van der Waals surface area contributed by atoms with Crippen molar-refractivity contribution in [2.45, 2.75) is 30.3 Å². The zero-order valence-electron chi connectivity index (χ0n) is 11.0. The monoisotopic (exact) mass is 313 g/mol. The number of fused-ring (bicyclic) bond motifs is 1. The quantitative estimate of drug-likeness (QED) is 0.797. The van der Waals surface area contributed by atoms with Crippen molar-refractivity contribution >= 4 is 35.3 Å². The van der Waals surface area contributed by atoms with E-state index < -0.39 is 18.0 Å². The molecule has 1 aromatic carbocycles. The molecule has 4 N–H and O–H groups in total. The van der Waals surface area contributed by atoms with Crippen LogP contribution in [-0.2, 0) is 4.79 Å². The molecule has 0 unspecified atom stereocenters. The molecule has 1 aliphatic heterocycles. The van der Waals surface area contributed by atoms with Crippen LogP contribution in [0.3, 0.4) is 0 Å². The minimum Gasteiger partial charge on any atom is -0.351 e. The SMILES string of the molecule is C[C@H](N[C@H]1CCSc2ccc(Cl)cc21)C(=O)NC(N)=O. The Kier molecular flexibility index (Phi) is 4.91. The van der Waals surface area contributed by atoms with Gasteiger partial charge in [-0.3, -0.25) is 15.4 Å². The third kappa shape index (κ3) is 3.65. The van der Waals surface area contributed by atoms with Crippen molar-refractivity contribution in [1.82, 2.24) is 10.6 Å². The summed E-state index contributed by atoms with van der Waals surface area (Å²) in [4.78, 5) is 23.6. The van der Waals surface area contributed by atoms with E-state index in [1.54, 1.807) is 18.7 Å². The van der Waals surface area contributed by atoms with Crippen LogP contribution in [0.1, 0.15) is 24.9 Å². The van der Waals surface area contributed by atoms with Gasteiger partial charge < -0.3 is 5.73 Å². The lowest BCUT2D eigenvalue weighted by Crippen LogP contribution is -2.47. The first-order chi connectivity index (χ1) is 9.47. The van der Waals surface area contributed by atoms with Crippen LogP contribution in [0.15, 0.2) is 23.1 Å². The number of nitrogens with two attached hydrogens (primary N) is 1. The average molecular weight is 314 g/mol. The van der Waals surface area contributed by atoms with Gasteiger partial charge in [0.25, 0.3) is 0 Å². The number of urea groups is 1. The molecule has 1 aliphatic rings. The van der Waals surface area contributed by atoms with Gasteiger partial charge in [-0.15, -0.1) is 11.8 Å². The molecule has 0 aliphatic carbocycles. The van der Waals surface area contributed by atoms with Crippen LogP contribution in [0.4, 0.5) is 4.79 Å². The second-order valence-electron chi connectivity index (χ2n) is 4.61. The number of carbonyl (C=O) groups excluding carboxylic acids is 2. The maximum atomic E-state index is 11.7. The first-order valence-electron chi connectivity index (χ1n) is 6.26. The van der Waals surface area contributed by atoms with Crippen molar-refractivity contribution in [2.24, 2.45) is 5.73 Å². The van der Waals surface area contributed by atoms with Gasteiger partial charge in [0.1, 0.15) is 0 Å². The molecule has 0 aromatic heterocycles. The van der Waals surface area contributed by atoms with E-state index in [1.807, 2.05) is 18.2 Å². The summed E-state index contributed by atoms with van der Waals surface area (Å²) >= 11 is 7.81. The third-order valence-electron chi connectivity index (χ3n) is 3.10. The Bertz CT molecular complexity index is 538. The molecule has 1 heterocycles. The summed E-state index contributed by atoms with van der Waals surface area (Å²) in [5.74, 6) is 0.538. The van der Waals surface area contributed by atoms with Gasteiger partial charge in [0.05, 0.1) is 6.04 Å². The number of primary amides is 1. The summed E-state index contributed by atoms with van der Waals surface area (Å²) in [6, 6.07) is 4.45. The first-order valence-corrected chi connectivity index (χ1v) is 7.62. The van der Waals surface area contributed by atoms with Crippen LogP contribution in [-0.4, -0.2) is 23.7 Å². The largest absolute Gasteiger partial charge is 0.351 e. The van der Waals surface area contributed by atoms with Crippen molar-refractivity contribution in [3.63, 3.8) is 0 Å². The van der Waals surface area contributed by atoms with Gasteiger partial charge in [0, 0.05) is 16.0 Å². The van der Waals surface area contributed by atoms with Gasteiger partial charge in [-0.1, -0.05) is 11.6 Å². The van der Waals surface area contributed by atoms with E-state index in [9.17, 15) is 9.59 Å². The Labute approximate surface area is 126 Å². The van der Waals surface area contributed by atoms with E-state index >= 15 is 0 Å². The zero-order chi connectivity index (χ0) is 14.7. The molecule has 20 heavy (non-hydrogen) atoms. The highest BCUT2D eigenvalue weighted by Crippen LogP contribution is 2.37. The number of hydrogen-bond acceptors (Lipinski definition) is 4. The summed E-state index contributed by atoms with van der Waals surface area (Å²) in [6.45, 7) is 1.70. The molecular weight excluding hydrogens is 298 g/mol. The van der Waals surface area contributed by atoms with Gasteiger partial charge in [-0.25, -0.2) is 4.79 Å². The van der Waals surface area contributed by atoms with E-state index in [0.29, 0.717) is 5.02 Å². The fourth-order valence-corrected chi connectivity index (χ4v) is 3.43. The molecular formula is C13H16ClN3O2S. The highest BCUT2D eigenvalue weighted by Gasteiger charge is 2.25. The second-order valence-corrected chi connectivity index (χ2v) is 6.19. The summed E-state index contributed by atoms with van der Waals surface area (Å²) in [5, 5.41) is 5.96. The summed E-state index contributed by atoms with van der Waals surface area (Å²) in [7, 11) is 0. The highest BCUT2D eigenvalue weighted by atomic mass is 35.5. The smallest absolute Gasteiger partial charge is 0.318 e. The number of benzene rings is 1. The Morgan fingerprint density at radius 3 is 2.95 bits per heavy atom. The molecule has 0 saturated heterocycles. The van der Waals surface area contributed by atoms with Gasteiger partial charge in [-0.2, -0.15) is 0 Å². The molecule has 5 nitrogen and oxygen atoms in total. The predicted molar refractivity (Wildman–Crippen MR) is 79.9 cm³/mol. The number of halogens is 1. The molecule has 7 heteroatoms. The number of carbonyl (C=O) groups is 2. The average Bonchev–Trinajstić information content (AvgIpc) is 2.38. The lowest BCUT2D eigenvalue weighted by atomic mass is 10.0. The van der Waals surface area contributed by atoms with Crippen LogP contribution in [0.25, 0.3) is 0 Å². The van der Waals surface area contributed by atoms with Crippen LogP contribution < -0.4 is 16.4 Å². The molecule has 0 fully saturated rings. The maximum absolute atomic E-state index is 11.7. The van der Waals surface area contributed by atoms with E-state index in [4.69, 9.17) is 17.3 Å². The van der Waals surface area contributed by atoms with Gasteiger partial charge >= 0.3 is 6.03 Å². The Morgan fingerprint density at radius 1 is 1.50 bits per heavy atom. The molecule has 0 spiro atoms. The van der Waals surface area contributed by atoms with Crippen LogP contribution in [0, 0.1) is 0 Å². The van der Waals surface area contributed by atoms with E-state index in [2.05, 4.69) is 10.6 Å². The molecule has 3 amide bonds. The lowest BCUT2D eigenvalue weighted by molar-refractivity contribution is -0.121. The highest BCUT2D eigenvalue weighted by molar-refractivity contribution is 7.99. The number of imide groups is 1. The number of nitrogens with one attached hydrogen (secondary N) is 2. The minimum absolute atomic E-state index is 0.0403. The predicted octanol–water partition coefficient (Wildman–Crippen LogP) is 2.05. The lowest BCUT2D eigenvalue weighted by Gasteiger charge is -2.28. The van der Waals surface area contributed by atoms with Gasteiger partial charge in [0.15, 0.2) is 0 Å². The van der Waals surface area contributed by atoms with Crippen LogP contribution >= 0.6 is 23.4 Å². The van der Waals surface area contributed by atoms with E-state index in [-0.39, 0.29) is 6.04 Å². The van der Waals surface area contributed by atoms with Crippen molar-refractivity contribution in [3.8, 4) is 0 Å². The van der Waals surface area contributed by atoms with Crippen molar-refractivity contribution in [1.29, 1.82) is 0 Å². The first kappa shape index (κ1) is 15.2. The number of hydrogen-bond donors (Lipinski definition) is 3. The van der Waals surface area contributed by atoms with Gasteiger partial charge in [0.2, 0.25) is 5.91 Å². The Hall–Kier alpha value is -1.24. The number of thioether (sulfide) groups is 1. The van der Waals surface area contributed by atoms with E-state index in [0.717, 1.165) is 17.7 Å². The zero-order valence-corrected chi connectivity index (χ0v) is 12.6. The number of rotatable bonds is 3. The normalized spacial score (nSPS) is 19.0. The Balaban J connectivity index is 2.10. The number of amides is 3. The molecule has 0 radical (unpaired) electrons. The molecule has 108 valence electrons. The fraction of sp³-hybridized carbons (Fsp3) is 0.385. The maximum Gasteiger partial charge on any atom is 0.318 e. The Morgan fingerprint density at radius 2 is 2.25 bits per heavy atom. The van der Waals surface area contributed by atoms with Crippen molar-refractivity contribution < 1.29 is 9.59 Å². The minimum atomic E-state index is -0.841. The van der Waals surface area contributed by atoms with Crippen LogP contribution in [0.2, 0.25) is 5.02 Å². The fourth-order valence-electron chi connectivity index (χ4n) is 2.15. The van der Waals surface area contributed by atoms with Crippen molar-refractivity contribution in [2.75, 3.05) is 5.75 Å². The van der Waals surface area contributed by atoms with Crippen molar-refractivity contribution in [3.05, 3.63) is 28.8 Å². The molecule has 2 atom stereocenters. The molecule has 1 aromatic rings. The summed E-state index contributed by atoms with van der Waals surface area (Å²) < 4.78 is 0. The summed E-state index contributed by atoms with van der Waals surface area (Å²) in [5.41, 5.74) is 6.03. The van der Waals surface area contributed by atoms with Gasteiger partial charge in [-0.05, 0) is 42.9 Å².